The third kappa shape index (κ3) is 4.91. The highest BCUT2D eigenvalue weighted by atomic mass is 16.2. The fourth-order valence-electron chi connectivity index (χ4n) is 2.71. The van der Waals surface area contributed by atoms with Gasteiger partial charge in [-0.2, -0.15) is 9.78 Å². The van der Waals surface area contributed by atoms with Gasteiger partial charge in [0.15, 0.2) is 0 Å². The first kappa shape index (κ1) is 19.0. The molecule has 0 radical (unpaired) electrons. The zero-order valence-corrected chi connectivity index (χ0v) is 15.4. The monoisotopic (exact) mass is 376 g/mol. The Hall–Kier alpha value is -3.74. The van der Waals surface area contributed by atoms with E-state index < -0.39 is 5.91 Å². The van der Waals surface area contributed by atoms with Crippen LogP contribution in [-0.2, 0) is 17.6 Å². The van der Waals surface area contributed by atoms with Crippen LogP contribution in [0, 0.1) is 6.92 Å². The number of nitrogens with zero attached hydrogens (tertiary/aromatic N) is 2. The van der Waals surface area contributed by atoms with Gasteiger partial charge in [-0.25, -0.2) is 0 Å². The molecule has 0 saturated heterocycles. The van der Waals surface area contributed by atoms with Gasteiger partial charge in [0, 0.05) is 0 Å². The maximum atomic E-state index is 12.6. The third-order valence-electron chi connectivity index (χ3n) is 4.02. The van der Waals surface area contributed by atoms with Crippen molar-refractivity contribution < 1.29 is 14.4 Å². The molecule has 0 spiro atoms. The van der Waals surface area contributed by atoms with Crippen LogP contribution in [0.15, 0.2) is 66.7 Å². The number of aryl methyl sites for hydroxylation is 1. The predicted octanol–water partition coefficient (Wildman–Crippen LogP) is 2.08. The smallest absolute Gasteiger partial charge is 0.273 e. The van der Waals surface area contributed by atoms with E-state index in [0.717, 1.165) is 15.8 Å². The van der Waals surface area contributed by atoms with E-state index in [0.29, 0.717) is 5.69 Å². The number of carbonyl (C=O) groups excluding carboxylic acids is 3. The Morgan fingerprint density at radius 2 is 1.43 bits per heavy atom. The first-order valence-electron chi connectivity index (χ1n) is 8.80. The molecule has 28 heavy (non-hydrogen) atoms. The number of hydrazine groups is 1. The Labute approximate surface area is 162 Å². The van der Waals surface area contributed by atoms with Crippen LogP contribution < -0.4 is 10.9 Å². The van der Waals surface area contributed by atoms with Gasteiger partial charge in [0.2, 0.25) is 5.91 Å². The van der Waals surface area contributed by atoms with Gasteiger partial charge >= 0.3 is 0 Å². The summed E-state index contributed by atoms with van der Waals surface area (Å²) < 4.78 is 1.07. The van der Waals surface area contributed by atoms with Crippen molar-refractivity contribution in [3.63, 3.8) is 0 Å². The maximum Gasteiger partial charge on any atom is 0.288 e. The molecule has 0 fully saturated rings. The molecule has 0 unspecified atom stereocenters. The summed E-state index contributed by atoms with van der Waals surface area (Å²) in [6.07, 6.45) is 0.245. The van der Waals surface area contributed by atoms with Crippen molar-refractivity contribution >= 4 is 17.7 Å². The standard InChI is InChI=1S/C21H20N4O3/c1-15-12-18(25(24-15)20(27)14-17-10-6-3-7-11-17)21(28)23-22-19(26)13-16-8-4-2-5-9-16/h2-12H,13-14H2,1H3,(H,22,26)(H,23,28). The summed E-state index contributed by atoms with van der Waals surface area (Å²) in [5, 5.41) is 4.12. The van der Waals surface area contributed by atoms with Crippen LogP contribution in [0.25, 0.3) is 0 Å². The molecule has 7 heteroatoms. The van der Waals surface area contributed by atoms with E-state index in [1.807, 2.05) is 60.7 Å². The zero-order valence-electron chi connectivity index (χ0n) is 15.4. The van der Waals surface area contributed by atoms with E-state index >= 15 is 0 Å². The minimum absolute atomic E-state index is 0.0680. The maximum absolute atomic E-state index is 12.6. The van der Waals surface area contributed by atoms with E-state index in [1.54, 1.807) is 6.92 Å². The molecular formula is C21H20N4O3. The second-order valence-electron chi connectivity index (χ2n) is 6.30. The SMILES string of the molecule is Cc1cc(C(=O)NNC(=O)Cc2ccccc2)n(C(=O)Cc2ccccc2)n1. The van der Waals surface area contributed by atoms with Crippen molar-refractivity contribution in [1.82, 2.24) is 20.6 Å². The van der Waals surface area contributed by atoms with Crippen molar-refractivity contribution in [2.75, 3.05) is 0 Å². The van der Waals surface area contributed by atoms with Crippen LogP contribution >= 0.6 is 0 Å². The number of benzene rings is 2. The molecule has 142 valence electrons. The molecule has 0 bridgehead atoms. The Bertz CT molecular complexity index is 981. The Morgan fingerprint density at radius 1 is 0.857 bits per heavy atom. The van der Waals surface area contributed by atoms with Crippen LogP contribution in [0.5, 0.6) is 0 Å². The normalized spacial score (nSPS) is 10.3. The molecule has 0 aliphatic carbocycles. The number of nitrogens with one attached hydrogen (secondary N) is 2. The van der Waals surface area contributed by atoms with Crippen molar-refractivity contribution in [3.8, 4) is 0 Å². The van der Waals surface area contributed by atoms with Gasteiger partial charge in [-0.05, 0) is 24.1 Å². The van der Waals surface area contributed by atoms with E-state index in [4.69, 9.17) is 0 Å². The minimum Gasteiger partial charge on any atom is -0.273 e. The Kier molecular flexibility index (Phi) is 5.96. The summed E-state index contributed by atoms with van der Waals surface area (Å²) in [5.41, 5.74) is 6.95. The van der Waals surface area contributed by atoms with Gasteiger partial charge in [-0.3, -0.25) is 25.2 Å². The summed E-state index contributed by atoms with van der Waals surface area (Å²) in [5.74, 6) is -1.30. The lowest BCUT2D eigenvalue weighted by Gasteiger charge is -2.09. The minimum atomic E-state index is -0.608. The third-order valence-corrected chi connectivity index (χ3v) is 4.02. The van der Waals surface area contributed by atoms with Crippen molar-refractivity contribution in [2.24, 2.45) is 0 Å². The summed E-state index contributed by atoms with van der Waals surface area (Å²) in [6, 6.07) is 19.9. The number of aromatic nitrogens is 2. The van der Waals surface area contributed by atoms with Crippen molar-refractivity contribution in [3.05, 3.63) is 89.2 Å². The molecule has 2 amide bonds. The lowest BCUT2D eigenvalue weighted by molar-refractivity contribution is -0.121. The van der Waals surface area contributed by atoms with Crippen molar-refractivity contribution in [2.45, 2.75) is 19.8 Å². The first-order chi connectivity index (χ1) is 13.5. The first-order valence-corrected chi connectivity index (χ1v) is 8.80. The Balaban J connectivity index is 1.63. The van der Waals surface area contributed by atoms with Gasteiger partial charge < -0.3 is 0 Å². The molecule has 2 N–H and O–H groups in total. The number of hydrogen-bond donors (Lipinski definition) is 2. The largest absolute Gasteiger partial charge is 0.288 e. The topological polar surface area (TPSA) is 93.1 Å². The van der Waals surface area contributed by atoms with Gasteiger partial charge in [-0.15, -0.1) is 0 Å². The molecule has 0 atom stereocenters. The van der Waals surface area contributed by atoms with Gasteiger partial charge in [0.1, 0.15) is 5.69 Å². The molecular weight excluding hydrogens is 356 g/mol. The van der Waals surface area contributed by atoms with E-state index in [-0.39, 0.29) is 30.3 Å². The van der Waals surface area contributed by atoms with Crippen LogP contribution in [0.3, 0.4) is 0 Å². The lowest BCUT2D eigenvalue weighted by atomic mass is 10.1. The number of carbonyl (C=O) groups is 3. The average Bonchev–Trinajstić information content (AvgIpc) is 3.10. The number of rotatable bonds is 5. The lowest BCUT2D eigenvalue weighted by Crippen LogP contribution is -2.43. The van der Waals surface area contributed by atoms with Crippen LogP contribution in [-0.4, -0.2) is 27.5 Å². The molecule has 0 saturated carbocycles. The molecule has 3 rings (SSSR count). The van der Waals surface area contributed by atoms with Gasteiger partial charge in [-0.1, -0.05) is 60.7 Å². The summed E-state index contributed by atoms with van der Waals surface area (Å²) in [7, 11) is 0. The molecule has 2 aromatic carbocycles. The highest BCUT2D eigenvalue weighted by Gasteiger charge is 2.19. The van der Waals surface area contributed by atoms with Crippen LogP contribution in [0.4, 0.5) is 0 Å². The second kappa shape index (κ2) is 8.77. The van der Waals surface area contributed by atoms with Crippen LogP contribution in [0.1, 0.15) is 32.1 Å². The average molecular weight is 376 g/mol. The highest BCUT2D eigenvalue weighted by molar-refractivity contribution is 5.98. The second-order valence-corrected chi connectivity index (χ2v) is 6.30. The van der Waals surface area contributed by atoms with E-state index in [2.05, 4.69) is 16.0 Å². The van der Waals surface area contributed by atoms with Crippen molar-refractivity contribution in [1.29, 1.82) is 0 Å². The molecule has 1 aromatic heterocycles. The quantitative estimate of drug-likeness (QED) is 0.667. The summed E-state index contributed by atoms with van der Waals surface area (Å²) >= 11 is 0. The molecule has 0 aliphatic heterocycles. The van der Waals surface area contributed by atoms with E-state index in [9.17, 15) is 14.4 Å². The van der Waals surface area contributed by atoms with E-state index in [1.165, 1.54) is 6.07 Å². The molecule has 0 aliphatic rings. The predicted molar refractivity (Wildman–Crippen MR) is 103 cm³/mol. The number of amides is 2. The van der Waals surface area contributed by atoms with Gasteiger partial charge in [0.05, 0.1) is 18.5 Å². The molecule has 7 nitrogen and oxygen atoms in total. The zero-order chi connectivity index (χ0) is 19.9. The summed E-state index contributed by atoms with van der Waals surface area (Å²) in [6.45, 7) is 1.69. The fourth-order valence-corrected chi connectivity index (χ4v) is 2.71. The number of hydrogen-bond acceptors (Lipinski definition) is 4. The highest BCUT2D eigenvalue weighted by Crippen LogP contribution is 2.07. The van der Waals surface area contributed by atoms with Gasteiger partial charge in [0.25, 0.3) is 11.8 Å². The molecule has 1 heterocycles. The summed E-state index contributed by atoms with van der Waals surface area (Å²) in [4.78, 5) is 37.0. The molecule has 3 aromatic rings. The Morgan fingerprint density at radius 3 is 2.04 bits per heavy atom. The fraction of sp³-hybridized carbons (Fsp3) is 0.143. The van der Waals surface area contributed by atoms with Crippen LogP contribution in [0.2, 0.25) is 0 Å².